The van der Waals surface area contributed by atoms with Gasteiger partial charge in [0.2, 0.25) is 5.91 Å². The highest BCUT2D eigenvalue weighted by Gasteiger charge is 2.30. The smallest absolute Gasteiger partial charge is 0.237 e. The van der Waals surface area contributed by atoms with Gasteiger partial charge in [-0.05, 0) is 32.2 Å². The SMILES string of the molecule is CC1CCC(C(=O)NN2CCN(C)CC2)CC1N. The normalized spacial score (nSPS) is 35.4. The van der Waals surface area contributed by atoms with Crippen molar-refractivity contribution in [2.24, 2.45) is 17.6 Å². The second-order valence-corrected chi connectivity index (χ2v) is 5.92. The van der Waals surface area contributed by atoms with Crippen LogP contribution in [0.15, 0.2) is 0 Å². The molecule has 1 heterocycles. The highest BCUT2D eigenvalue weighted by molar-refractivity contribution is 5.78. The van der Waals surface area contributed by atoms with E-state index in [-0.39, 0.29) is 17.9 Å². The lowest BCUT2D eigenvalue weighted by Crippen LogP contribution is -2.54. The molecule has 2 aliphatic rings. The molecule has 0 aromatic heterocycles. The molecule has 0 radical (unpaired) electrons. The lowest BCUT2D eigenvalue weighted by molar-refractivity contribution is -0.132. The summed E-state index contributed by atoms with van der Waals surface area (Å²) in [4.78, 5) is 14.5. The number of rotatable bonds is 2. The molecule has 1 aliphatic carbocycles. The van der Waals surface area contributed by atoms with Crippen LogP contribution in [0.5, 0.6) is 0 Å². The Kier molecular flexibility index (Phi) is 4.59. The van der Waals surface area contributed by atoms with Crippen molar-refractivity contribution in [1.82, 2.24) is 15.3 Å². The Morgan fingerprint density at radius 1 is 1.22 bits per heavy atom. The standard InChI is InChI=1S/C13H26N4O/c1-10-3-4-11(9-12(10)14)13(18)15-17-7-5-16(2)6-8-17/h10-12H,3-9,14H2,1-2H3,(H,15,18). The largest absolute Gasteiger partial charge is 0.327 e. The van der Waals surface area contributed by atoms with Gasteiger partial charge in [0.1, 0.15) is 0 Å². The Balaban J connectivity index is 1.78. The van der Waals surface area contributed by atoms with E-state index in [0.29, 0.717) is 5.92 Å². The molecule has 0 spiro atoms. The van der Waals surface area contributed by atoms with Crippen LogP contribution in [0.2, 0.25) is 0 Å². The maximum atomic E-state index is 12.2. The van der Waals surface area contributed by atoms with Crippen LogP contribution >= 0.6 is 0 Å². The molecule has 2 fully saturated rings. The van der Waals surface area contributed by atoms with E-state index in [4.69, 9.17) is 5.73 Å². The van der Waals surface area contributed by atoms with E-state index in [2.05, 4.69) is 24.3 Å². The monoisotopic (exact) mass is 254 g/mol. The molecular weight excluding hydrogens is 228 g/mol. The van der Waals surface area contributed by atoms with Crippen LogP contribution in [0.4, 0.5) is 0 Å². The highest BCUT2D eigenvalue weighted by atomic mass is 16.2. The van der Waals surface area contributed by atoms with Crippen molar-refractivity contribution in [3.05, 3.63) is 0 Å². The topological polar surface area (TPSA) is 61.6 Å². The third-order valence-corrected chi connectivity index (χ3v) is 4.40. The first kappa shape index (κ1) is 13.8. The zero-order chi connectivity index (χ0) is 13.1. The highest BCUT2D eigenvalue weighted by Crippen LogP contribution is 2.27. The molecule has 1 saturated carbocycles. The fraction of sp³-hybridized carbons (Fsp3) is 0.923. The lowest BCUT2D eigenvalue weighted by Gasteiger charge is -2.35. The van der Waals surface area contributed by atoms with Crippen LogP contribution in [0.3, 0.4) is 0 Å². The van der Waals surface area contributed by atoms with E-state index >= 15 is 0 Å². The van der Waals surface area contributed by atoms with Gasteiger partial charge in [-0.2, -0.15) is 0 Å². The quantitative estimate of drug-likeness (QED) is 0.730. The van der Waals surface area contributed by atoms with Crippen molar-refractivity contribution >= 4 is 5.91 Å². The Hall–Kier alpha value is -0.650. The third-order valence-electron chi connectivity index (χ3n) is 4.40. The Morgan fingerprint density at radius 2 is 1.89 bits per heavy atom. The van der Waals surface area contributed by atoms with Crippen LogP contribution in [0.1, 0.15) is 26.2 Å². The van der Waals surface area contributed by atoms with Gasteiger partial charge < -0.3 is 10.6 Å². The summed E-state index contributed by atoms with van der Waals surface area (Å²) in [6.07, 6.45) is 2.89. The molecule has 0 bridgehead atoms. The van der Waals surface area contributed by atoms with E-state index in [1.807, 2.05) is 5.01 Å². The lowest BCUT2D eigenvalue weighted by atomic mass is 9.79. The minimum atomic E-state index is 0.107. The molecule has 1 aliphatic heterocycles. The number of piperazine rings is 1. The van der Waals surface area contributed by atoms with Gasteiger partial charge in [-0.15, -0.1) is 0 Å². The van der Waals surface area contributed by atoms with Crippen LogP contribution in [-0.4, -0.2) is 55.1 Å². The molecule has 104 valence electrons. The third kappa shape index (κ3) is 3.43. The summed E-state index contributed by atoms with van der Waals surface area (Å²) in [7, 11) is 2.11. The van der Waals surface area contributed by atoms with Gasteiger partial charge >= 0.3 is 0 Å². The van der Waals surface area contributed by atoms with E-state index < -0.39 is 0 Å². The van der Waals surface area contributed by atoms with Crippen LogP contribution in [-0.2, 0) is 4.79 Å². The summed E-state index contributed by atoms with van der Waals surface area (Å²) in [5.41, 5.74) is 9.11. The van der Waals surface area contributed by atoms with Crippen molar-refractivity contribution in [3.63, 3.8) is 0 Å². The molecule has 18 heavy (non-hydrogen) atoms. The second-order valence-electron chi connectivity index (χ2n) is 5.92. The minimum Gasteiger partial charge on any atom is -0.327 e. The predicted octanol–water partition coefficient (Wildman–Crippen LogP) is 0.0285. The first-order chi connectivity index (χ1) is 8.56. The molecule has 5 nitrogen and oxygen atoms in total. The number of nitrogens with two attached hydrogens (primary N) is 1. The maximum Gasteiger partial charge on any atom is 0.237 e. The molecule has 5 heteroatoms. The number of carbonyl (C=O) groups is 1. The summed E-state index contributed by atoms with van der Waals surface area (Å²) in [5, 5.41) is 2.05. The van der Waals surface area contributed by atoms with Gasteiger partial charge in [0, 0.05) is 38.1 Å². The summed E-state index contributed by atoms with van der Waals surface area (Å²) < 4.78 is 0. The molecular formula is C13H26N4O. The van der Waals surface area contributed by atoms with E-state index in [9.17, 15) is 4.79 Å². The number of nitrogens with zero attached hydrogens (tertiary/aromatic N) is 2. The number of hydrazine groups is 1. The second kappa shape index (κ2) is 5.99. The number of carbonyl (C=O) groups excluding carboxylic acids is 1. The van der Waals surface area contributed by atoms with E-state index in [1.54, 1.807) is 0 Å². The summed E-state index contributed by atoms with van der Waals surface area (Å²) in [6, 6.07) is 0.182. The molecule has 3 unspecified atom stereocenters. The van der Waals surface area contributed by atoms with Crippen molar-refractivity contribution in [3.8, 4) is 0 Å². The van der Waals surface area contributed by atoms with Crippen molar-refractivity contribution < 1.29 is 4.79 Å². The number of nitrogens with one attached hydrogen (secondary N) is 1. The van der Waals surface area contributed by atoms with Gasteiger partial charge in [-0.25, -0.2) is 5.01 Å². The molecule has 3 atom stereocenters. The van der Waals surface area contributed by atoms with E-state index in [1.165, 1.54) is 0 Å². The minimum absolute atomic E-state index is 0.107. The van der Waals surface area contributed by atoms with Crippen molar-refractivity contribution in [2.75, 3.05) is 33.2 Å². The Bertz CT molecular complexity index is 289. The molecule has 0 aromatic rings. The van der Waals surface area contributed by atoms with Gasteiger partial charge in [-0.3, -0.25) is 10.2 Å². The number of likely N-dealkylation sites (N-methyl/N-ethyl adjacent to an activating group) is 1. The van der Waals surface area contributed by atoms with Gasteiger partial charge in [-0.1, -0.05) is 6.92 Å². The van der Waals surface area contributed by atoms with Crippen molar-refractivity contribution in [1.29, 1.82) is 0 Å². The Morgan fingerprint density at radius 3 is 2.50 bits per heavy atom. The van der Waals surface area contributed by atoms with Gasteiger partial charge in [0.25, 0.3) is 0 Å². The molecule has 3 N–H and O–H groups in total. The van der Waals surface area contributed by atoms with Crippen LogP contribution in [0.25, 0.3) is 0 Å². The maximum absolute atomic E-state index is 12.2. The van der Waals surface area contributed by atoms with Gasteiger partial charge in [0.05, 0.1) is 0 Å². The van der Waals surface area contributed by atoms with Crippen LogP contribution < -0.4 is 11.2 Å². The summed E-state index contributed by atoms with van der Waals surface area (Å²) in [5.74, 6) is 0.829. The predicted molar refractivity (Wildman–Crippen MR) is 71.7 cm³/mol. The molecule has 0 aromatic carbocycles. The molecule has 2 rings (SSSR count). The first-order valence-corrected chi connectivity index (χ1v) is 7.06. The first-order valence-electron chi connectivity index (χ1n) is 7.06. The summed E-state index contributed by atoms with van der Waals surface area (Å²) >= 11 is 0. The average Bonchev–Trinajstić information content (AvgIpc) is 2.35. The molecule has 1 amide bonds. The summed E-state index contributed by atoms with van der Waals surface area (Å²) in [6.45, 7) is 6.04. The number of hydrogen-bond acceptors (Lipinski definition) is 4. The fourth-order valence-electron chi connectivity index (χ4n) is 2.76. The Labute approximate surface area is 110 Å². The fourth-order valence-corrected chi connectivity index (χ4v) is 2.76. The zero-order valence-electron chi connectivity index (χ0n) is 11.6. The molecule has 1 saturated heterocycles. The average molecular weight is 254 g/mol. The number of hydrogen-bond donors (Lipinski definition) is 2. The van der Waals surface area contributed by atoms with Gasteiger partial charge in [0.15, 0.2) is 0 Å². The van der Waals surface area contributed by atoms with Crippen molar-refractivity contribution in [2.45, 2.75) is 32.2 Å². The van der Waals surface area contributed by atoms with Crippen LogP contribution in [0, 0.1) is 11.8 Å². The zero-order valence-corrected chi connectivity index (χ0v) is 11.6. The number of amides is 1. The van der Waals surface area contributed by atoms with E-state index in [0.717, 1.165) is 45.4 Å².